The van der Waals surface area contributed by atoms with Gasteiger partial charge in [-0.1, -0.05) is 0 Å². The molecular formula is C20H24N6O2. The van der Waals surface area contributed by atoms with Crippen LogP contribution in [0.5, 0.6) is 5.75 Å². The van der Waals surface area contributed by atoms with Crippen LogP contribution in [0, 0.1) is 13.8 Å². The number of hydrogen-bond acceptors (Lipinski definition) is 7. The summed E-state index contributed by atoms with van der Waals surface area (Å²) in [6.07, 6.45) is 3.74. The molecule has 3 heterocycles. The fourth-order valence-corrected chi connectivity index (χ4v) is 3.21. The van der Waals surface area contributed by atoms with Crippen molar-refractivity contribution in [3.8, 4) is 11.4 Å². The largest absolute Gasteiger partial charge is 0.494 e. The smallest absolute Gasteiger partial charge is 0.229 e. The summed E-state index contributed by atoms with van der Waals surface area (Å²) < 4.78 is 13.0. The summed E-state index contributed by atoms with van der Waals surface area (Å²) in [4.78, 5) is 15.7. The molecule has 8 heteroatoms. The molecule has 0 spiro atoms. The Morgan fingerprint density at radius 3 is 2.61 bits per heavy atom. The molecule has 0 atom stereocenters. The quantitative estimate of drug-likeness (QED) is 0.729. The summed E-state index contributed by atoms with van der Waals surface area (Å²) in [5.74, 6) is 2.22. The fraction of sp³-hybridized carbons (Fsp3) is 0.350. The number of nitrogens with one attached hydrogen (secondary N) is 1. The Labute approximate surface area is 164 Å². The molecule has 28 heavy (non-hydrogen) atoms. The molecule has 146 valence electrons. The van der Waals surface area contributed by atoms with Gasteiger partial charge in [0.25, 0.3) is 0 Å². The number of rotatable bonds is 5. The number of morpholine rings is 1. The van der Waals surface area contributed by atoms with Crippen LogP contribution in [0.1, 0.15) is 11.4 Å². The molecule has 0 radical (unpaired) electrons. The van der Waals surface area contributed by atoms with Gasteiger partial charge in [-0.05, 0) is 26.0 Å². The molecule has 1 aliphatic heterocycles. The first kappa shape index (κ1) is 18.2. The lowest BCUT2D eigenvalue weighted by molar-refractivity contribution is 0.122. The van der Waals surface area contributed by atoms with Crippen LogP contribution in [-0.2, 0) is 4.74 Å². The second-order valence-electron chi connectivity index (χ2n) is 6.72. The number of aryl methyl sites for hydroxylation is 2. The number of ether oxygens (including phenoxy) is 2. The average molecular weight is 380 g/mol. The summed E-state index contributed by atoms with van der Waals surface area (Å²) in [5.41, 5.74) is 3.65. The fourth-order valence-electron chi connectivity index (χ4n) is 3.21. The van der Waals surface area contributed by atoms with E-state index in [9.17, 15) is 0 Å². The van der Waals surface area contributed by atoms with Crippen molar-refractivity contribution in [2.45, 2.75) is 13.8 Å². The molecule has 3 aromatic rings. The summed E-state index contributed by atoms with van der Waals surface area (Å²) >= 11 is 0. The van der Waals surface area contributed by atoms with Gasteiger partial charge in [-0.2, -0.15) is 4.98 Å². The van der Waals surface area contributed by atoms with Gasteiger partial charge in [0.15, 0.2) is 0 Å². The molecule has 1 fully saturated rings. The van der Waals surface area contributed by atoms with Crippen LogP contribution >= 0.6 is 0 Å². The summed E-state index contributed by atoms with van der Waals surface area (Å²) in [5, 5.41) is 3.30. The lowest BCUT2D eigenvalue weighted by Crippen LogP contribution is -2.36. The van der Waals surface area contributed by atoms with Crippen LogP contribution in [-0.4, -0.2) is 52.9 Å². The molecule has 4 rings (SSSR count). The Morgan fingerprint density at radius 1 is 1.07 bits per heavy atom. The molecule has 0 bridgehead atoms. The Bertz CT molecular complexity index is 965. The monoisotopic (exact) mass is 380 g/mol. The number of nitrogens with zero attached hydrogens (tertiary/aromatic N) is 5. The first-order chi connectivity index (χ1) is 13.6. The molecule has 0 unspecified atom stereocenters. The van der Waals surface area contributed by atoms with Crippen LogP contribution in [0.4, 0.5) is 17.5 Å². The molecule has 0 saturated carbocycles. The predicted octanol–water partition coefficient (Wildman–Crippen LogP) is 2.87. The van der Waals surface area contributed by atoms with Crippen molar-refractivity contribution in [2.75, 3.05) is 43.6 Å². The van der Waals surface area contributed by atoms with E-state index in [4.69, 9.17) is 9.47 Å². The summed E-state index contributed by atoms with van der Waals surface area (Å²) in [6, 6.07) is 7.90. The van der Waals surface area contributed by atoms with Crippen molar-refractivity contribution in [1.29, 1.82) is 0 Å². The van der Waals surface area contributed by atoms with Crippen LogP contribution in [0.2, 0.25) is 0 Å². The number of anilines is 3. The number of methoxy groups -OCH3 is 1. The predicted molar refractivity (Wildman–Crippen MR) is 108 cm³/mol. The minimum absolute atomic E-state index is 0.565. The van der Waals surface area contributed by atoms with E-state index in [0.717, 1.165) is 60.6 Å². The molecule has 1 aromatic carbocycles. The molecule has 8 nitrogen and oxygen atoms in total. The van der Waals surface area contributed by atoms with E-state index < -0.39 is 0 Å². The van der Waals surface area contributed by atoms with Crippen molar-refractivity contribution >= 4 is 17.5 Å². The van der Waals surface area contributed by atoms with E-state index >= 15 is 0 Å². The van der Waals surface area contributed by atoms with E-state index in [-0.39, 0.29) is 0 Å². The number of imidazole rings is 1. The highest BCUT2D eigenvalue weighted by Gasteiger charge is 2.15. The van der Waals surface area contributed by atoms with Gasteiger partial charge in [0.05, 0.1) is 38.0 Å². The number of benzene rings is 1. The maximum Gasteiger partial charge on any atom is 0.229 e. The van der Waals surface area contributed by atoms with Crippen molar-refractivity contribution in [3.05, 3.63) is 48.2 Å². The SMILES string of the molecule is COc1cc(Nc2nc(C)cc(N3CCOCC3)n2)ccc1-n1cnc(C)c1. The lowest BCUT2D eigenvalue weighted by Gasteiger charge is -2.28. The van der Waals surface area contributed by atoms with E-state index in [1.54, 1.807) is 13.4 Å². The van der Waals surface area contributed by atoms with Crippen LogP contribution < -0.4 is 15.0 Å². The van der Waals surface area contributed by atoms with Gasteiger partial charge in [-0.15, -0.1) is 0 Å². The maximum absolute atomic E-state index is 5.58. The minimum Gasteiger partial charge on any atom is -0.494 e. The van der Waals surface area contributed by atoms with E-state index in [1.807, 2.05) is 48.9 Å². The third kappa shape index (κ3) is 3.91. The highest BCUT2D eigenvalue weighted by Crippen LogP contribution is 2.28. The zero-order valence-corrected chi connectivity index (χ0v) is 16.3. The molecule has 1 N–H and O–H groups in total. The van der Waals surface area contributed by atoms with Crippen molar-refractivity contribution in [1.82, 2.24) is 19.5 Å². The number of aromatic nitrogens is 4. The Hall–Kier alpha value is -3.13. The average Bonchev–Trinajstić information content (AvgIpc) is 3.14. The maximum atomic E-state index is 5.58. The van der Waals surface area contributed by atoms with Crippen molar-refractivity contribution in [2.24, 2.45) is 0 Å². The number of hydrogen-bond donors (Lipinski definition) is 1. The lowest BCUT2D eigenvalue weighted by atomic mass is 10.2. The van der Waals surface area contributed by atoms with E-state index in [2.05, 4.69) is 25.2 Å². The van der Waals surface area contributed by atoms with Crippen LogP contribution in [0.15, 0.2) is 36.8 Å². The van der Waals surface area contributed by atoms with Gasteiger partial charge in [0.1, 0.15) is 11.6 Å². The molecule has 1 saturated heterocycles. The first-order valence-electron chi connectivity index (χ1n) is 9.27. The highest BCUT2D eigenvalue weighted by atomic mass is 16.5. The topological polar surface area (TPSA) is 77.3 Å². The van der Waals surface area contributed by atoms with Crippen LogP contribution in [0.25, 0.3) is 5.69 Å². The van der Waals surface area contributed by atoms with Crippen molar-refractivity contribution in [3.63, 3.8) is 0 Å². The van der Waals surface area contributed by atoms with Gasteiger partial charge in [0, 0.05) is 42.8 Å². The summed E-state index contributed by atoms with van der Waals surface area (Å²) in [6.45, 7) is 7.05. The third-order valence-corrected chi connectivity index (χ3v) is 4.60. The van der Waals surface area contributed by atoms with E-state index in [0.29, 0.717) is 5.95 Å². The van der Waals surface area contributed by atoms with Gasteiger partial charge in [0.2, 0.25) is 5.95 Å². The normalized spacial score (nSPS) is 14.2. The Morgan fingerprint density at radius 2 is 1.89 bits per heavy atom. The molecule has 2 aromatic heterocycles. The minimum atomic E-state index is 0.565. The van der Waals surface area contributed by atoms with E-state index in [1.165, 1.54) is 0 Å². The third-order valence-electron chi connectivity index (χ3n) is 4.60. The zero-order chi connectivity index (χ0) is 19.5. The highest BCUT2D eigenvalue weighted by molar-refractivity contribution is 5.62. The Kier molecular flexibility index (Phi) is 5.12. The van der Waals surface area contributed by atoms with Crippen molar-refractivity contribution < 1.29 is 9.47 Å². The standard InChI is InChI=1S/C20H24N6O2/c1-14-10-19(25-6-8-28-9-7-25)24-20(22-14)23-16-4-5-17(18(11-16)27-3)26-12-15(2)21-13-26/h4-5,10-13H,6-9H2,1-3H3,(H,22,23,24). The van der Waals surface area contributed by atoms with Gasteiger partial charge in [-0.25, -0.2) is 9.97 Å². The molecular weight excluding hydrogens is 356 g/mol. The zero-order valence-electron chi connectivity index (χ0n) is 16.3. The second kappa shape index (κ2) is 7.85. The van der Waals surface area contributed by atoms with Gasteiger partial charge in [-0.3, -0.25) is 0 Å². The molecule has 1 aliphatic rings. The summed E-state index contributed by atoms with van der Waals surface area (Å²) in [7, 11) is 1.66. The second-order valence-corrected chi connectivity index (χ2v) is 6.72. The first-order valence-corrected chi connectivity index (χ1v) is 9.27. The van der Waals surface area contributed by atoms with Crippen LogP contribution in [0.3, 0.4) is 0 Å². The van der Waals surface area contributed by atoms with Gasteiger partial charge >= 0.3 is 0 Å². The Balaban J connectivity index is 1.59. The molecule has 0 aliphatic carbocycles. The van der Waals surface area contributed by atoms with Gasteiger partial charge < -0.3 is 24.3 Å². The molecule has 0 amide bonds.